The maximum atomic E-state index is 6.11. The highest BCUT2D eigenvalue weighted by Crippen LogP contribution is 2.31. The molecule has 1 aliphatic heterocycles. The summed E-state index contributed by atoms with van der Waals surface area (Å²) >= 11 is 12.1. The number of halogens is 3. The van der Waals surface area contributed by atoms with E-state index in [1.807, 2.05) is 13.0 Å². The van der Waals surface area contributed by atoms with Crippen molar-refractivity contribution in [1.29, 1.82) is 0 Å². The van der Waals surface area contributed by atoms with Crippen LogP contribution in [-0.4, -0.2) is 69.9 Å². The van der Waals surface area contributed by atoms with Gasteiger partial charge in [-0.15, -0.1) is 24.0 Å². The third-order valence-electron chi connectivity index (χ3n) is 3.92. The minimum atomic E-state index is 0. The van der Waals surface area contributed by atoms with Crippen LogP contribution in [0, 0.1) is 0 Å². The predicted molar refractivity (Wildman–Crippen MR) is 123 cm³/mol. The monoisotopic (exact) mass is 530 g/mol. The van der Waals surface area contributed by atoms with Crippen molar-refractivity contribution in [3.8, 4) is 5.75 Å². The largest absolute Gasteiger partial charge is 0.490 e. The Hall–Kier alpha value is -0.480. The van der Waals surface area contributed by atoms with E-state index in [2.05, 4.69) is 20.5 Å². The van der Waals surface area contributed by atoms with Crippen molar-refractivity contribution < 1.29 is 9.47 Å². The molecule has 2 rings (SSSR count). The lowest BCUT2D eigenvalue weighted by molar-refractivity contribution is 0.0377. The van der Waals surface area contributed by atoms with Gasteiger partial charge in [-0.3, -0.25) is 9.89 Å². The van der Waals surface area contributed by atoms with Gasteiger partial charge in [0, 0.05) is 32.7 Å². The van der Waals surface area contributed by atoms with E-state index >= 15 is 0 Å². The van der Waals surface area contributed by atoms with Crippen LogP contribution in [0.1, 0.15) is 13.3 Å². The SMILES string of the molecule is CCNC(=NCCCN1CCOCC1)NCCOc1cccc(Cl)c1Cl.I. The zero-order valence-corrected chi connectivity index (χ0v) is 19.5. The lowest BCUT2D eigenvalue weighted by atomic mass is 10.3. The molecule has 1 fully saturated rings. The maximum absolute atomic E-state index is 6.11. The summed E-state index contributed by atoms with van der Waals surface area (Å²) in [5.41, 5.74) is 0. The number of hydrogen-bond acceptors (Lipinski definition) is 4. The summed E-state index contributed by atoms with van der Waals surface area (Å²) in [6.07, 6.45) is 1.03. The highest BCUT2D eigenvalue weighted by atomic mass is 127. The molecule has 0 unspecified atom stereocenters. The molecule has 0 aromatic heterocycles. The Kier molecular flexibility index (Phi) is 13.2. The first-order valence-electron chi connectivity index (χ1n) is 9.09. The summed E-state index contributed by atoms with van der Waals surface area (Å²) in [7, 11) is 0. The van der Waals surface area contributed by atoms with Crippen LogP contribution >= 0.6 is 47.2 Å². The molecule has 0 amide bonds. The average molecular weight is 531 g/mol. The van der Waals surface area contributed by atoms with E-state index in [0.717, 1.165) is 58.3 Å². The third kappa shape index (κ3) is 9.51. The van der Waals surface area contributed by atoms with Gasteiger partial charge in [0.2, 0.25) is 0 Å². The lowest BCUT2D eigenvalue weighted by Gasteiger charge is -2.26. The summed E-state index contributed by atoms with van der Waals surface area (Å²) in [6.45, 7) is 9.52. The van der Waals surface area contributed by atoms with Gasteiger partial charge in [0.05, 0.1) is 24.8 Å². The number of rotatable bonds is 9. The molecule has 6 nitrogen and oxygen atoms in total. The van der Waals surface area contributed by atoms with Gasteiger partial charge in [0.15, 0.2) is 5.96 Å². The zero-order chi connectivity index (χ0) is 18.6. The Balaban J connectivity index is 0.00000364. The molecule has 0 aliphatic carbocycles. The van der Waals surface area contributed by atoms with E-state index in [9.17, 15) is 0 Å². The van der Waals surface area contributed by atoms with Crippen molar-refractivity contribution in [3.05, 3.63) is 28.2 Å². The fraction of sp³-hybridized carbons (Fsp3) is 0.611. The Morgan fingerprint density at radius 2 is 2.04 bits per heavy atom. The van der Waals surface area contributed by atoms with Crippen molar-refractivity contribution in [3.63, 3.8) is 0 Å². The van der Waals surface area contributed by atoms with Crippen LogP contribution in [-0.2, 0) is 4.74 Å². The summed E-state index contributed by atoms with van der Waals surface area (Å²) in [5.74, 6) is 1.39. The van der Waals surface area contributed by atoms with Gasteiger partial charge >= 0.3 is 0 Å². The summed E-state index contributed by atoms with van der Waals surface area (Å²) in [6, 6.07) is 5.36. The number of guanidine groups is 1. The summed E-state index contributed by atoms with van der Waals surface area (Å²) < 4.78 is 11.0. The Labute approximate surface area is 189 Å². The third-order valence-corrected chi connectivity index (χ3v) is 4.72. The van der Waals surface area contributed by atoms with Gasteiger partial charge < -0.3 is 20.1 Å². The minimum Gasteiger partial charge on any atom is -0.490 e. The fourth-order valence-electron chi connectivity index (χ4n) is 2.58. The molecule has 2 N–H and O–H groups in total. The second kappa shape index (κ2) is 14.5. The van der Waals surface area contributed by atoms with Crippen molar-refractivity contribution in [1.82, 2.24) is 15.5 Å². The van der Waals surface area contributed by atoms with Gasteiger partial charge in [0.1, 0.15) is 17.4 Å². The lowest BCUT2D eigenvalue weighted by Crippen LogP contribution is -2.40. The van der Waals surface area contributed by atoms with Gasteiger partial charge in [-0.1, -0.05) is 29.3 Å². The first-order valence-corrected chi connectivity index (χ1v) is 9.85. The zero-order valence-electron chi connectivity index (χ0n) is 15.7. The number of hydrogen-bond donors (Lipinski definition) is 2. The van der Waals surface area contributed by atoms with Gasteiger partial charge in [-0.25, -0.2) is 0 Å². The second-order valence-electron chi connectivity index (χ2n) is 5.90. The van der Waals surface area contributed by atoms with Crippen LogP contribution in [0.15, 0.2) is 23.2 Å². The van der Waals surface area contributed by atoms with Crippen LogP contribution in [0.4, 0.5) is 0 Å². The molecular formula is C18H29Cl2IN4O2. The molecular weight excluding hydrogens is 502 g/mol. The number of morpholine rings is 1. The van der Waals surface area contributed by atoms with Gasteiger partial charge in [0.25, 0.3) is 0 Å². The van der Waals surface area contributed by atoms with Crippen molar-refractivity contribution in [2.45, 2.75) is 13.3 Å². The quantitative estimate of drug-likeness (QED) is 0.222. The molecule has 1 heterocycles. The normalized spacial score (nSPS) is 15.1. The minimum absolute atomic E-state index is 0. The van der Waals surface area contributed by atoms with Crippen molar-refractivity contribution >= 4 is 53.1 Å². The van der Waals surface area contributed by atoms with E-state index in [1.165, 1.54) is 0 Å². The summed E-state index contributed by atoms with van der Waals surface area (Å²) in [5, 5.41) is 7.45. The molecule has 0 bridgehead atoms. The number of nitrogens with one attached hydrogen (secondary N) is 2. The topological polar surface area (TPSA) is 58.1 Å². The van der Waals surface area contributed by atoms with Crippen LogP contribution in [0.5, 0.6) is 5.75 Å². The highest BCUT2D eigenvalue weighted by Gasteiger charge is 2.09. The van der Waals surface area contributed by atoms with E-state index in [1.54, 1.807) is 12.1 Å². The molecule has 0 saturated carbocycles. The van der Waals surface area contributed by atoms with Crippen LogP contribution < -0.4 is 15.4 Å². The predicted octanol–water partition coefficient (Wildman–Crippen LogP) is 3.27. The van der Waals surface area contributed by atoms with Crippen LogP contribution in [0.3, 0.4) is 0 Å². The molecule has 154 valence electrons. The number of ether oxygens (including phenoxy) is 2. The van der Waals surface area contributed by atoms with Crippen LogP contribution in [0.2, 0.25) is 10.0 Å². The fourth-order valence-corrected chi connectivity index (χ4v) is 2.92. The first-order chi connectivity index (χ1) is 12.7. The molecule has 1 aromatic carbocycles. The van der Waals surface area contributed by atoms with Crippen LogP contribution in [0.25, 0.3) is 0 Å². The molecule has 1 aliphatic rings. The maximum Gasteiger partial charge on any atom is 0.191 e. The van der Waals surface area contributed by atoms with Crippen molar-refractivity contribution in [2.24, 2.45) is 4.99 Å². The molecule has 0 spiro atoms. The van der Waals surface area contributed by atoms with E-state index in [0.29, 0.717) is 28.9 Å². The average Bonchev–Trinajstić information content (AvgIpc) is 2.66. The van der Waals surface area contributed by atoms with Gasteiger partial charge in [-0.05, 0) is 25.5 Å². The second-order valence-corrected chi connectivity index (χ2v) is 6.68. The Morgan fingerprint density at radius 1 is 1.26 bits per heavy atom. The smallest absolute Gasteiger partial charge is 0.191 e. The number of nitrogens with zero attached hydrogens (tertiary/aromatic N) is 2. The van der Waals surface area contributed by atoms with E-state index in [-0.39, 0.29) is 24.0 Å². The molecule has 9 heteroatoms. The summed E-state index contributed by atoms with van der Waals surface area (Å²) in [4.78, 5) is 7.03. The Bertz CT molecular complexity index is 572. The highest BCUT2D eigenvalue weighted by molar-refractivity contribution is 14.0. The molecule has 0 atom stereocenters. The Morgan fingerprint density at radius 3 is 2.78 bits per heavy atom. The first kappa shape index (κ1) is 24.6. The molecule has 27 heavy (non-hydrogen) atoms. The molecule has 1 saturated heterocycles. The number of aliphatic imine (C=N–C) groups is 1. The van der Waals surface area contributed by atoms with E-state index < -0.39 is 0 Å². The van der Waals surface area contributed by atoms with E-state index in [4.69, 9.17) is 32.7 Å². The molecule has 0 radical (unpaired) electrons. The van der Waals surface area contributed by atoms with Gasteiger partial charge in [-0.2, -0.15) is 0 Å². The number of benzene rings is 1. The standard InChI is InChI=1S/C18H28Cl2N4O2.HI/c1-2-21-18(22-7-4-9-24-10-13-25-14-11-24)23-8-12-26-16-6-3-5-15(19)17(16)20;/h3,5-6H,2,4,7-14H2,1H3,(H2,21,22,23);1H. The molecule has 1 aromatic rings. The van der Waals surface area contributed by atoms with Crippen molar-refractivity contribution in [2.75, 3.05) is 59.1 Å².